The summed E-state index contributed by atoms with van der Waals surface area (Å²) in [6.45, 7) is 3.54. The average molecular weight is 263 g/mol. The Balaban J connectivity index is 1.66. The van der Waals surface area contributed by atoms with Crippen molar-refractivity contribution in [2.75, 3.05) is 13.1 Å². The van der Waals surface area contributed by atoms with Crippen LogP contribution in [0.3, 0.4) is 0 Å². The molecule has 1 saturated carbocycles. The zero-order valence-electron chi connectivity index (χ0n) is 11.4. The summed E-state index contributed by atoms with van der Waals surface area (Å²) in [5.41, 5.74) is 0.197. The van der Waals surface area contributed by atoms with Crippen molar-refractivity contribution in [1.82, 2.24) is 4.90 Å². The van der Waals surface area contributed by atoms with Gasteiger partial charge in [0.2, 0.25) is 0 Å². The lowest BCUT2D eigenvalue weighted by molar-refractivity contribution is -0.188. The van der Waals surface area contributed by atoms with Gasteiger partial charge in [-0.15, -0.1) is 0 Å². The number of nitrogens with zero attached hydrogens (tertiary/aromatic N) is 1. The second-order valence-electron chi connectivity index (χ2n) is 5.97. The lowest BCUT2D eigenvalue weighted by Crippen LogP contribution is -2.61. The van der Waals surface area contributed by atoms with E-state index in [1.165, 1.54) is 12.5 Å². The maximum atomic E-state index is 12.2. The molecule has 1 aliphatic carbocycles. The Morgan fingerprint density at radius 1 is 1.37 bits per heavy atom. The molecule has 2 heterocycles. The number of carbonyl (C=O) groups is 1. The molecule has 2 fully saturated rings. The summed E-state index contributed by atoms with van der Waals surface area (Å²) in [4.78, 5) is 14.1. The van der Waals surface area contributed by atoms with E-state index in [1.54, 1.807) is 6.07 Å². The van der Waals surface area contributed by atoms with E-state index >= 15 is 0 Å². The molecule has 1 atom stereocenters. The summed E-state index contributed by atoms with van der Waals surface area (Å²) in [6.07, 6.45) is 7.70. The van der Waals surface area contributed by atoms with Gasteiger partial charge in [-0.3, -0.25) is 4.79 Å². The number of hydrogen-bond donors (Lipinski definition) is 1. The summed E-state index contributed by atoms with van der Waals surface area (Å²) < 4.78 is 4.96. The Morgan fingerprint density at radius 3 is 2.58 bits per heavy atom. The summed E-state index contributed by atoms with van der Waals surface area (Å²) >= 11 is 0. The number of amides is 1. The van der Waals surface area contributed by atoms with Gasteiger partial charge in [-0.2, -0.15) is 0 Å². The summed E-state index contributed by atoms with van der Waals surface area (Å²) in [5, 5.41) is 10.6. The van der Waals surface area contributed by atoms with Crippen LogP contribution in [0.4, 0.5) is 0 Å². The minimum Gasteiger partial charge on any atom is -0.472 e. The number of rotatable bonds is 2. The van der Waals surface area contributed by atoms with Crippen LogP contribution >= 0.6 is 0 Å². The van der Waals surface area contributed by atoms with E-state index in [4.69, 9.17) is 4.42 Å². The highest BCUT2D eigenvalue weighted by atomic mass is 16.3. The highest BCUT2D eigenvalue weighted by Crippen LogP contribution is 2.57. The van der Waals surface area contributed by atoms with Crippen molar-refractivity contribution in [2.24, 2.45) is 5.41 Å². The third-order valence-electron chi connectivity index (χ3n) is 5.37. The third-order valence-corrected chi connectivity index (χ3v) is 5.37. The maximum Gasteiger partial charge on any atom is 0.257 e. The molecule has 1 aliphatic heterocycles. The van der Waals surface area contributed by atoms with E-state index in [0.717, 1.165) is 45.2 Å². The second-order valence-corrected chi connectivity index (χ2v) is 5.97. The summed E-state index contributed by atoms with van der Waals surface area (Å²) in [7, 11) is 0. The first kappa shape index (κ1) is 12.7. The molecule has 1 amide bonds. The maximum absolute atomic E-state index is 12.2. The molecule has 0 radical (unpaired) electrons. The van der Waals surface area contributed by atoms with Crippen molar-refractivity contribution in [2.45, 2.75) is 44.6 Å². The van der Waals surface area contributed by atoms with Gasteiger partial charge in [-0.1, -0.05) is 6.92 Å². The highest BCUT2D eigenvalue weighted by Gasteiger charge is 2.57. The number of likely N-dealkylation sites (tertiary alicyclic amines) is 1. The highest BCUT2D eigenvalue weighted by molar-refractivity contribution is 5.93. The Bertz CT molecular complexity index is 456. The molecule has 1 N–H and O–H groups in total. The molecule has 1 spiro atoms. The van der Waals surface area contributed by atoms with Crippen LogP contribution in [0.1, 0.15) is 49.4 Å². The van der Waals surface area contributed by atoms with Gasteiger partial charge in [-0.25, -0.2) is 0 Å². The van der Waals surface area contributed by atoms with Gasteiger partial charge in [0.05, 0.1) is 17.4 Å². The van der Waals surface area contributed by atoms with Crippen molar-refractivity contribution in [3.63, 3.8) is 0 Å². The normalized spacial score (nSPS) is 29.3. The molecule has 104 valence electrons. The standard InChI is InChI=1S/C15H21NO3/c1-2-15(18)5-4-14(15)6-8-16(9-7-14)13(17)12-3-10-19-11-12/h3,10-11,18H,2,4-9H2,1H3. The topological polar surface area (TPSA) is 53.7 Å². The van der Waals surface area contributed by atoms with Gasteiger partial charge in [0.1, 0.15) is 6.26 Å². The Hall–Kier alpha value is -1.29. The van der Waals surface area contributed by atoms with Crippen LogP contribution in [-0.4, -0.2) is 34.6 Å². The smallest absolute Gasteiger partial charge is 0.257 e. The molecule has 0 aromatic carbocycles. The zero-order valence-corrected chi connectivity index (χ0v) is 11.4. The van der Waals surface area contributed by atoms with E-state index in [0.29, 0.717) is 5.56 Å². The first-order chi connectivity index (χ1) is 9.10. The molecule has 19 heavy (non-hydrogen) atoms. The number of hydrogen-bond acceptors (Lipinski definition) is 3. The lowest BCUT2D eigenvalue weighted by Gasteiger charge is -2.59. The van der Waals surface area contributed by atoms with Crippen molar-refractivity contribution < 1.29 is 14.3 Å². The van der Waals surface area contributed by atoms with E-state index in [2.05, 4.69) is 6.92 Å². The van der Waals surface area contributed by atoms with Crippen LogP contribution in [0.15, 0.2) is 23.0 Å². The van der Waals surface area contributed by atoms with Gasteiger partial charge in [0.15, 0.2) is 0 Å². The van der Waals surface area contributed by atoms with Gasteiger partial charge in [-0.05, 0) is 38.2 Å². The van der Waals surface area contributed by atoms with Crippen LogP contribution in [0.5, 0.6) is 0 Å². The Morgan fingerprint density at radius 2 is 2.11 bits per heavy atom. The summed E-state index contributed by atoms with van der Waals surface area (Å²) in [6, 6.07) is 1.71. The molecule has 3 rings (SSSR count). The van der Waals surface area contributed by atoms with E-state index < -0.39 is 5.60 Å². The monoisotopic (exact) mass is 263 g/mol. The molecular formula is C15H21NO3. The molecular weight excluding hydrogens is 242 g/mol. The predicted molar refractivity (Wildman–Crippen MR) is 70.8 cm³/mol. The minimum atomic E-state index is -0.488. The fourth-order valence-electron chi connectivity index (χ4n) is 3.74. The number of carbonyl (C=O) groups excluding carboxylic acids is 1. The SMILES string of the molecule is CCC1(O)CCC12CCN(C(=O)c1ccoc1)CC2. The zero-order chi connectivity index (χ0) is 13.5. The molecule has 4 heteroatoms. The van der Waals surface area contributed by atoms with Gasteiger partial charge >= 0.3 is 0 Å². The first-order valence-corrected chi connectivity index (χ1v) is 7.14. The molecule has 2 aliphatic rings. The van der Waals surface area contributed by atoms with E-state index in [1.807, 2.05) is 4.90 Å². The second kappa shape index (κ2) is 4.37. The van der Waals surface area contributed by atoms with Crippen molar-refractivity contribution in [3.8, 4) is 0 Å². The van der Waals surface area contributed by atoms with Crippen LogP contribution < -0.4 is 0 Å². The van der Waals surface area contributed by atoms with Crippen molar-refractivity contribution >= 4 is 5.91 Å². The quantitative estimate of drug-likeness (QED) is 0.891. The summed E-state index contributed by atoms with van der Waals surface area (Å²) in [5.74, 6) is 0.0444. The molecule has 0 bridgehead atoms. The lowest BCUT2D eigenvalue weighted by atomic mass is 9.51. The number of aliphatic hydroxyl groups is 1. The van der Waals surface area contributed by atoms with Gasteiger partial charge in [0.25, 0.3) is 5.91 Å². The number of furan rings is 1. The van der Waals surface area contributed by atoms with Crippen LogP contribution in [-0.2, 0) is 0 Å². The van der Waals surface area contributed by atoms with Crippen molar-refractivity contribution in [3.05, 3.63) is 24.2 Å². The van der Waals surface area contributed by atoms with E-state index in [-0.39, 0.29) is 11.3 Å². The van der Waals surface area contributed by atoms with Crippen LogP contribution in [0.25, 0.3) is 0 Å². The first-order valence-electron chi connectivity index (χ1n) is 7.14. The largest absolute Gasteiger partial charge is 0.472 e. The average Bonchev–Trinajstić information content (AvgIpc) is 2.98. The third kappa shape index (κ3) is 1.81. The van der Waals surface area contributed by atoms with Gasteiger partial charge in [0, 0.05) is 18.5 Å². The Kier molecular flexibility index (Phi) is 2.93. The molecule has 1 unspecified atom stereocenters. The molecule has 1 aromatic rings. The fourth-order valence-corrected chi connectivity index (χ4v) is 3.74. The van der Waals surface area contributed by atoms with Crippen LogP contribution in [0.2, 0.25) is 0 Å². The minimum absolute atomic E-state index is 0.0444. The van der Waals surface area contributed by atoms with Crippen molar-refractivity contribution in [1.29, 1.82) is 0 Å². The number of piperidine rings is 1. The molecule has 1 aromatic heterocycles. The predicted octanol–water partition coefficient (Wildman–Crippen LogP) is 2.44. The van der Waals surface area contributed by atoms with E-state index in [9.17, 15) is 9.90 Å². The molecule has 4 nitrogen and oxygen atoms in total. The van der Waals surface area contributed by atoms with Crippen LogP contribution in [0, 0.1) is 5.41 Å². The van der Waals surface area contributed by atoms with Gasteiger partial charge < -0.3 is 14.4 Å². The Labute approximate surface area is 113 Å². The fraction of sp³-hybridized carbons (Fsp3) is 0.667. The molecule has 1 saturated heterocycles.